The van der Waals surface area contributed by atoms with Crippen LogP contribution < -0.4 is 5.43 Å². The standard InChI is InChI=1S/C17H10Cl2N4O5/c18-13-4-1-10(7-14(13)19)17-6-3-12(28-17)9-20-21-15-5-2-11(22(24)25)8-16(15)23(26)27/h1-9,21H. The average molecular weight is 421 g/mol. The van der Waals surface area contributed by atoms with Gasteiger partial charge in [-0.3, -0.25) is 25.7 Å². The van der Waals surface area contributed by atoms with Gasteiger partial charge in [0.15, 0.2) is 0 Å². The summed E-state index contributed by atoms with van der Waals surface area (Å²) in [6.07, 6.45) is 1.31. The summed E-state index contributed by atoms with van der Waals surface area (Å²) in [6, 6.07) is 11.6. The van der Waals surface area contributed by atoms with Gasteiger partial charge in [-0.05, 0) is 36.4 Å². The van der Waals surface area contributed by atoms with Gasteiger partial charge in [0.2, 0.25) is 0 Å². The second kappa shape index (κ2) is 8.07. The fourth-order valence-corrected chi connectivity index (χ4v) is 2.57. The Hall–Kier alpha value is -3.43. The van der Waals surface area contributed by atoms with E-state index in [1.807, 2.05) is 0 Å². The zero-order valence-corrected chi connectivity index (χ0v) is 15.3. The zero-order valence-electron chi connectivity index (χ0n) is 13.8. The van der Waals surface area contributed by atoms with E-state index in [2.05, 4.69) is 10.5 Å². The number of hydrogen-bond donors (Lipinski definition) is 1. The van der Waals surface area contributed by atoms with Crippen molar-refractivity contribution in [2.24, 2.45) is 5.10 Å². The van der Waals surface area contributed by atoms with Crippen LogP contribution in [0.1, 0.15) is 5.76 Å². The molecule has 0 radical (unpaired) electrons. The van der Waals surface area contributed by atoms with E-state index in [4.69, 9.17) is 27.6 Å². The minimum Gasteiger partial charge on any atom is -0.455 e. The maximum Gasteiger partial charge on any atom is 0.301 e. The Morgan fingerprint density at radius 1 is 0.964 bits per heavy atom. The highest BCUT2D eigenvalue weighted by Gasteiger charge is 2.19. The molecule has 0 bridgehead atoms. The van der Waals surface area contributed by atoms with Crippen molar-refractivity contribution < 1.29 is 14.3 Å². The molecule has 0 aliphatic rings. The fourth-order valence-electron chi connectivity index (χ4n) is 2.27. The molecular weight excluding hydrogens is 411 g/mol. The third kappa shape index (κ3) is 4.27. The van der Waals surface area contributed by atoms with Gasteiger partial charge in [0.25, 0.3) is 5.69 Å². The van der Waals surface area contributed by atoms with Crippen LogP contribution in [0.4, 0.5) is 17.1 Å². The van der Waals surface area contributed by atoms with Crippen molar-refractivity contribution in [2.75, 3.05) is 5.43 Å². The molecule has 3 rings (SSSR count). The fraction of sp³-hybridized carbons (Fsp3) is 0. The van der Waals surface area contributed by atoms with Crippen molar-refractivity contribution in [3.05, 3.63) is 84.6 Å². The number of non-ortho nitro benzene ring substituents is 1. The van der Waals surface area contributed by atoms with Gasteiger partial charge in [0.05, 0.1) is 32.2 Å². The highest BCUT2D eigenvalue weighted by molar-refractivity contribution is 6.42. The number of nitro groups is 2. The van der Waals surface area contributed by atoms with E-state index < -0.39 is 21.2 Å². The number of furan rings is 1. The van der Waals surface area contributed by atoms with E-state index in [-0.39, 0.29) is 5.69 Å². The van der Waals surface area contributed by atoms with E-state index in [0.717, 1.165) is 12.1 Å². The minimum atomic E-state index is -0.736. The Labute approximate surface area is 167 Å². The molecule has 1 aromatic heterocycles. The molecule has 3 aromatic rings. The first-order chi connectivity index (χ1) is 13.3. The van der Waals surface area contributed by atoms with E-state index >= 15 is 0 Å². The highest BCUT2D eigenvalue weighted by atomic mass is 35.5. The molecule has 0 atom stereocenters. The van der Waals surface area contributed by atoms with E-state index in [9.17, 15) is 20.2 Å². The topological polar surface area (TPSA) is 124 Å². The maximum absolute atomic E-state index is 11.1. The summed E-state index contributed by atoms with van der Waals surface area (Å²) >= 11 is 11.9. The summed E-state index contributed by atoms with van der Waals surface area (Å²) in [6.45, 7) is 0. The Bertz CT molecular complexity index is 1100. The Balaban J connectivity index is 1.77. The monoisotopic (exact) mass is 420 g/mol. The molecule has 28 heavy (non-hydrogen) atoms. The van der Waals surface area contributed by atoms with Crippen LogP contribution in [0.5, 0.6) is 0 Å². The van der Waals surface area contributed by atoms with E-state index in [1.54, 1.807) is 30.3 Å². The first-order valence-electron chi connectivity index (χ1n) is 7.62. The first-order valence-corrected chi connectivity index (χ1v) is 8.38. The molecule has 0 saturated carbocycles. The first kappa shape index (κ1) is 19.3. The molecule has 0 fully saturated rings. The molecule has 0 saturated heterocycles. The maximum atomic E-state index is 11.1. The van der Waals surface area contributed by atoms with Crippen LogP contribution in [0.2, 0.25) is 10.0 Å². The highest BCUT2D eigenvalue weighted by Crippen LogP contribution is 2.30. The van der Waals surface area contributed by atoms with Gasteiger partial charge in [-0.25, -0.2) is 0 Å². The summed E-state index contributed by atoms with van der Waals surface area (Å²) in [4.78, 5) is 20.4. The Morgan fingerprint density at radius 3 is 2.43 bits per heavy atom. The van der Waals surface area contributed by atoms with Gasteiger partial charge in [-0.1, -0.05) is 23.2 Å². The van der Waals surface area contributed by atoms with Gasteiger partial charge >= 0.3 is 5.69 Å². The number of nitrogens with zero attached hydrogens (tertiary/aromatic N) is 3. The molecular formula is C17H10Cl2N4O5. The van der Waals surface area contributed by atoms with Crippen LogP contribution in [0, 0.1) is 20.2 Å². The third-order valence-electron chi connectivity index (χ3n) is 3.60. The van der Waals surface area contributed by atoms with Crippen molar-refractivity contribution in [3.8, 4) is 11.3 Å². The summed E-state index contributed by atoms with van der Waals surface area (Å²) < 4.78 is 5.62. The number of halogens is 2. The molecule has 142 valence electrons. The second-order valence-corrected chi connectivity index (χ2v) is 6.23. The third-order valence-corrected chi connectivity index (χ3v) is 4.34. The van der Waals surface area contributed by atoms with Gasteiger partial charge in [0, 0.05) is 11.6 Å². The quantitative estimate of drug-likeness (QED) is 0.318. The van der Waals surface area contributed by atoms with Gasteiger partial charge in [-0.15, -0.1) is 0 Å². The van der Waals surface area contributed by atoms with E-state index in [1.165, 1.54) is 12.3 Å². The van der Waals surface area contributed by atoms with Crippen molar-refractivity contribution in [1.82, 2.24) is 0 Å². The number of nitro benzene ring substituents is 2. The molecule has 0 amide bonds. The number of hydrogen-bond acceptors (Lipinski definition) is 7. The minimum absolute atomic E-state index is 0.00288. The van der Waals surface area contributed by atoms with Gasteiger partial charge in [0.1, 0.15) is 17.2 Å². The second-order valence-electron chi connectivity index (χ2n) is 5.42. The van der Waals surface area contributed by atoms with Crippen molar-refractivity contribution >= 4 is 46.5 Å². The van der Waals surface area contributed by atoms with Gasteiger partial charge in [-0.2, -0.15) is 5.10 Å². The lowest BCUT2D eigenvalue weighted by atomic mass is 10.2. The van der Waals surface area contributed by atoms with E-state index in [0.29, 0.717) is 27.1 Å². The summed E-state index contributed by atoms with van der Waals surface area (Å²) in [7, 11) is 0. The molecule has 9 nitrogen and oxygen atoms in total. The van der Waals surface area contributed by atoms with Crippen molar-refractivity contribution in [3.63, 3.8) is 0 Å². The summed E-state index contributed by atoms with van der Waals surface area (Å²) in [5.74, 6) is 0.902. The zero-order chi connectivity index (χ0) is 20.3. The SMILES string of the molecule is O=[N+]([O-])c1ccc(NN=Cc2ccc(-c3ccc(Cl)c(Cl)c3)o2)c([N+](=O)[O-])c1. The Kier molecular flexibility index (Phi) is 5.57. The smallest absolute Gasteiger partial charge is 0.301 e. The predicted octanol–water partition coefficient (Wildman–Crippen LogP) is 5.52. The number of hydrazone groups is 1. The lowest BCUT2D eigenvalue weighted by molar-refractivity contribution is -0.393. The van der Waals surface area contributed by atoms with Crippen LogP contribution >= 0.6 is 23.2 Å². The number of benzene rings is 2. The molecule has 2 aromatic carbocycles. The van der Waals surface area contributed by atoms with Crippen LogP contribution in [0.15, 0.2) is 58.0 Å². The van der Waals surface area contributed by atoms with Gasteiger partial charge < -0.3 is 4.42 Å². The molecule has 0 spiro atoms. The summed E-state index contributed by atoms with van der Waals surface area (Å²) in [5.41, 5.74) is 2.34. The number of rotatable bonds is 6. The number of nitrogens with one attached hydrogen (secondary N) is 1. The summed E-state index contributed by atoms with van der Waals surface area (Å²) in [5, 5.41) is 26.5. The molecule has 0 aliphatic heterocycles. The average Bonchev–Trinajstić information content (AvgIpc) is 3.12. The molecule has 11 heteroatoms. The Morgan fingerprint density at radius 2 is 1.75 bits per heavy atom. The molecule has 1 heterocycles. The van der Waals surface area contributed by atoms with Crippen LogP contribution in [0.25, 0.3) is 11.3 Å². The van der Waals surface area contributed by atoms with Crippen molar-refractivity contribution in [1.29, 1.82) is 0 Å². The largest absolute Gasteiger partial charge is 0.455 e. The lowest BCUT2D eigenvalue weighted by Crippen LogP contribution is -1.98. The molecule has 1 N–H and O–H groups in total. The van der Waals surface area contributed by atoms with Crippen LogP contribution in [-0.4, -0.2) is 16.1 Å². The predicted molar refractivity (Wildman–Crippen MR) is 105 cm³/mol. The van der Waals surface area contributed by atoms with Crippen LogP contribution in [0.3, 0.4) is 0 Å². The lowest BCUT2D eigenvalue weighted by Gasteiger charge is -2.01. The normalized spacial score (nSPS) is 10.9. The van der Waals surface area contributed by atoms with Crippen LogP contribution in [-0.2, 0) is 0 Å². The van der Waals surface area contributed by atoms with Crippen molar-refractivity contribution in [2.45, 2.75) is 0 Å². The molecule has 0 aliphatic carbocycles. The molecule has 0 unspecified atom stereocenters. The number of anilines is 1.